The largest absolute Gasteiger partial charge is 0.368 e. The van der Waals surface area contributed by atoms with Crippen LogP contribution in [0.2, 0.25) is 0 Å². The van der Waals surface area contributed by atoms with E-state index in [1.165, 1.54) is 14.0 Å². The Hall–Kier alpha value is -0.410. The van der Waals surface area contributed by atoms with E-state index in [-0.39, 0.29) is 0 Å². The third-order valence-electron chi connectivity index (χ3n) is 0.341. The van der Waals surface area contributed by atoms with Crippen molar-refractivity contribution < 1.29 is 14.6 Å². The smallest absolute Gasteiger partial charge is 0.151 e. The van der Waals surface area contributed by atoms with Crippen molar-refractivity contribution in [1.82, 2.24) is 0 Å². The number of carbonyl (C=O) groups excluding carboxylic acids is 1. The molecule has 1 N–H and O–H groups in total. The van der Waals surface area contributed by atoms with Crippen LogP contribution in [-0.4, -0.2) is 24.8 Å². The number of aliphatic hydroxyl groups excluding tert-OH is 1. The monoisotopic (exact) mass is 120 g/mol. The van der Waals surface area contributed by atoms with Crippen molar-refractivity contribution in [3.63, 3.8) is 0 Å². The molecule has 3 nitrogen and oxygen atoms in total. The number of aldehydes is 1. The molecule has 50 valence electrons. The summed E-state index contributed by atoms with van der Waals surface area (Å²) in [7, 11) is 1.45. The first-order chi connectivity index (χ1) is 3.68. The number of hydrogen-bond donors (Lipinski definition) is 1. The molecule has 0 aliphatic carbocycles. The van der Waals surface area contributed by atoms with E-state index >= 15 is 0 Å². The molecule has 3 heteroatoms. The van der Waals surface area contributed by atoms with Crippen LogP contribution in [0.3, 0.4) is 0 Å². The molecule has 0 fully saturated rings. The van der Waals surface area contributed by atoms with E-state index in [4.69, 9.17) is 9.90 Å². The van der Waals surface area contributed by atoms with Crippen LogP contribution in [0.4, 0.5) is 0 Å². The molecule has 0 aliphatic rings. The first-order valence-corrected chi connectivity index (χ1v) is 2.29. The highest BCUT2D eigenvalue weighted by molar-refractivity contribution is 5.44. The van der Waals surface area contributed by atoms with Crippen molar-refractivity contribution in [2.45, 2.75) is 20.1 Å². The molecule has 0 bridgehead atoms. The summed E-state index contributed by atoms with van der Waals surface area (Å²) < 4.78 is 4.31. The average molecular weight is 120 g/mol. The summed E-state index contributed by atoms with van der Waals surface area (Å²) in [6, 6.07) is 0. The Bertz CT molecular complexity index is 42.9. The number of ether oxygens (including phenoxy) is 1. The molecule has 0 amide bonds. The average Bonchev–Trinajstić information content (AvgIpc) is 1.69. The molecular formula is C5H12O3. The summed E-state index contributed by atoms with van der Waals surface area (Å²) in [5, 5.41) is 8.14. The van der Waals surface area contributed by atoms with Gasteiger partial charge in [0.2, 0.25) is 0 Å². The van der Waals surface area contributed by atoms with Crippen molar-refractivity contribution in [2.75, 3.05) is 7.11 Å². The first-order valence-electron chi connectivity index (χ1n) is 2.29. The zero-order valence-corrected chi connectivity index (χ0v) is 5.42. The number of methoxy groups -OCH3 is 1. The fraction of sp³-hybridized carbons (Fsp3) is 0.800. The normalized spacial score (nSPS) is 11.0. The summed E-state index contributed by atoms with van der Waals surface area (Å²) in [5.41, 5.74) is 0. The predicted molar refractivity (Wildman–Crippen MR) is 30.4 cm³/mol. The second-order valence-electron chi connectivity index (χ2n) is 1.07. The molecule has 0 rings (SSSR count). The van der Waals surface area contributed by atoms with Crippen LogP contribution in [0, 0.1) is 0 Å². The molecule has 0 aromatic heterocycles. The van der Waals surface area contributed by atoms with Crippen molar-refractivity contribution in [1.29, 1.82) is 0 Å². The quantitative estimate of drug-likeness (QED) is 0.396. The third kappa shape index (κ3) is 46.6. The van der Waals surface area contributed by atoms with Gasteiger partial charge in [0.1, 0.15) is 6.29 Å². The van der Waals surface area contributed by atoms with Crippen molar-refractivity contribution in [3.05, 3.63) is 0 Å². The maximum absolute atomic E-state index is 8.81. The Morgan fingerprint density at radius 1 is 1.75 bits per heavy atom. The van der Waals surface area contributed by atoms with Crippen LogP contribution in [0.5, 0.6) is 0 Å². The minimum atomic E-state index is -0.616. The Morgan fingerprint density at radius 2 is 1.88 bits per heavy atom. The van der Waals surface area contributed by atoms with Gasteiger partial charge in [0.15, 0.2) is 6.29 Å². The molecule has 8 heavy (non-hydrogen) atoms. The minimum absolute atomic E-state index is 0.616. The molecule has 0 radical (unpaired) electrons. The predicted octanol–water partition coefficient (Wildman–Crippen LogP) is 0.176. The van der Waals surface area contributed by atoms with Gasteiger partial charge in [-0.15, -0.1) is 0 Å². The van der Waals surface area contributed by atoms with Gasteiger partial charge in [-0.25, -0.2) is 0 Å². The lowest BCUT2D eigenvalue weighted by Crippen LogP contribution is -1.99. The van der Waals surface area contributed by atoms with Crippen LogP contribution >= 0.6 is 0 Å². The second kappa shape index (κ2) is 9.77. The molecule has 0 spiro atoms. The third-order valence-corrected chi connectivity index (χ3v) is 0.341. The first kappa shape index (κ1) is 10.5. The lowest BCUT2D eigenvalue weighted by atomic mass is 10.8. The van der Waals surface area contributed by atoms with Gasteiger partial charge in [0.25, 0.3) is 0 Å². The van der Waals surface area contributed by atoms with Gasteiger partial charge in [-0.2, -0.15) is 0 Å². The van der Waals surface area contributed by atoms with E-state index in [2.05, 4.69) is 4.74 Å². The molecule has 1 atom stereocenters. The fourth-order valence-corrected chi connectivity index (χ4v) is 0. The van der Waals surface area contributed by atoms with Crippen LogP contribution in [0.1, 0.15) is 13.8 Å². The number of carbonyl (C=O) groups is 1. The van der Waals surface area contributed by atoms with Gasteiger partial charge in [0.05, 0.1) is 0 Å². The Kier molecular flexibility index (Phi) is 12.9. The second-order valence-corrected chi connectivity index (χ2v) is 1.07. The molecular weight excluding hydrogens is 108 g/mol. The number of hydrogen-bond acceptors (Lipinski definition) is 3. The Balaban J connectivity index is 0. The zero-order chi connectivity index (χ0) is 6.99. The maximum Gasteiger partial charge on any atom is 0.151 e. The fourth-order valence-electron chi connectivity index (χ4n) is 0. The molecule has 1 unspecified atom stereocenters. The van der Waals surface area contributed by atoms with Crippen LogP contribution in [-0.2, 0) is 9.53 Å². The van der Waals surface area contributed by atoms with Gasteiger partial charge in [-0.1, -0.05) is 0 Å². The summed E-state index contributed by atoms with van der Waals surface area (Å²) in [4.78, 5) is 8.81. The van der Waals surface area contributed by atoms with Gasteiger partial charge in [-0.05, 0) is 13.8 Å². The molecule has 0 saturated heterocycles. The summed E-state index contributed by atoms with van der Waals surface area (Å²) in [5.74, 6) is 0. The summed E-state index contributed by atoms with van der Waals surface area (Å²) in [6.45, 7) is 3.00. The standard InChI is InChI=1S/C3H8O2.C2H4O/c1-3(4)5-2;1-2-3/h3-4H,1-2H3;2H,1H3. The van der Waals surface area contributed by atoms with E-state index in [1.807, 2.05) is 0 Å². The molecule has 0 heterocycles. The molecule has 0 aromatic carbocycles. The lowest BCUT2D eigenvalue weighted by molar-refractivity contribution is -0.106. The van der Waals surface area contributed by atoms with Crippen molar-refractivity contribution >= 4 is 6.29 Å². The van der Waals surface area contributed by atoms with Gasteiger partial charge < -0.3 is 14.6 Å². The van der Waals surface area contributed by atoms with Gasteiger partial charge in [0, 0.05) is 7.11 Å². The Morgan fingerprint density at radius 3 is 1.88 bits per heavy atom. The lowest BCUT2D eigenvalue weighted by Gasteiger charge is -1.94. The zero-order valence-electron chi connectivity index (χ0n) is 5.42. The highest BCUT2D eigenvalue weighted by atomic mass is 16.6. The highest BCUT2D eigenvalue weighted by Crippen LogP contribution is 1.72. The number of aliphatic hydroxyl groups is 1. The Labute approximate surface area is 49.3 Å². The van der Waals surface area contributed by atoms with E-state index in [0.717, 1.165) is 6.29 Å². The van der Waals surface area contributed by atoms with Crippen LogP contribution in [0.15, 0.2) is 0 Å². The van der Waals surface area contributed by atoms with Crippen molar-refractivity contribution in [2.24, 2.45) is 0 Å². The van der Waals surface area contributed by atoms with E-state index in [9.17, 15) is 0 Å². The van der Waals surface area contributed by atoms with Crippen LogP contribution < -0.4 is 0 Å². The topological polar surface area (TPSA) is 46.5 Å². The van der Waals surface area contributed by atoms with Crippen LogP contribution in [0.25, 0.3) is 0 Å². The highest BCUT2D eigenvalue weighted by Gasteiger charge is 1.80. The van der Waals surface area contributed by atoms with Gasteiger partial charge in [-0.3, -0.25) is 0 Å². The summed E-state index contributed by atoms with van der Waals surface area (Å²) in [6.07, 6.45) is 0.134. The van der Waals surface area contributed by atoms with E-state index < -0.39 is 6.29 Å². The minimum Gasteiger partial charge on any atom is -0.368 e. The number of rotatable bonds is 1. The molecule has 0 aromatic rings. The van der Waals surface area contributed by atoms with Gasteiger partial charge >= 0.3 is 0 Å². The van der Waals surface area contributed by atoms with E-state index in [1.54, 1.807) is 6.92 Å². The SMILES string of the molecule is CC=O.COC(C)O. The maximum atomic E-state index is 8.81. The van der Waals surface area contributed by atoms with Crippen molar-refractivity contribution in [3.8, 4) is 0 Å². The molecule has 0 saturated carbocycles. The molecule has 0 aliphatic heterocycles. The summed E-state index contributed by atoms with van der Waals surface area (Å²) >= 11 is 0. The van der Waals surface area contributed by atoms with E-state index in [0.29, 0.717) is 0 Å².